The number of methoxy groups -OCH3 is 1. The molecule has 1 amide bonds. The fourth-order valence-electron chi connectivity index (χ4n) is 1.21. The Balaban J connectivity index is 3.26. The van der Waals surface area contributed by atoms with Gasteiger partial charge in [0.2, 0.25) is 5.91 Å². The summed E-state index contributed by atoms with van der Waals surface area (Å²) in [6, 6.07) is 3.03. The van der Waals surface area contributed by atoms with Gasteiger partial charge in [-0.15, -0.1) is 0 Å². The van der Waals surface area contributed by atoms with Crippen LogP contribution in [-0.4, -0.2) is 24.4 Å². The first-order chi connectivity index (χ1) is 7.60. The number of carbonyl (C=O) groups is 2. The van der Waals surface area contributed by atoms with E-state index < -0.39 is 5.91 Å². The number of aromatic hydroxyl groups is 1. The summed E-state index contributed by atoms with van der Waals surface area (Å²) < 4.78 is 4.84. The standard InChI is InChI=1S/C11H11NO4/c1-16-9-4-2-7(3-5-10(12)14)8(6-13)11(9)15/h2-6,15H,1H3,(H2,12,14). The summed E-state index contributed by atoms with van der Waals surface area (Å²) in [5.41, 5.74) is 5.37. The molecule has 16 heavy (non-hydrogen) atoms. The zero-order valence-electron chi connectivity index (χ0n) is 8.64. The van der Waals surface area contributed by atoms with Crippen LogP contribution in [0.1, 0.15) is 15.9 Å². The number of aldehydes is 1. The van der Waals surface area contributed by atoms with Crippen molar-refractivity contribution in [2.24, 2.45) is 5.73 Å². The molecule has 1 rings (SSSR count). The quantitative estimate of drug-likeness (QED) is 0.578. The van der Waals surface area contributed by atoms with Crippen LogP contribution in [-0.2, 0) is 4.79 Å². The number of amides is 1. The van der Waals surface area contributed by atoms with E-state index in [2.05, 4.69) is 0 Å². The zero-order chi connectivity index (χ0) is 12.1. The highest BCUT2D eigenvalue weighted by atomic mass is 16.5. The summed E-state index contributed by atoms with van der Waals surface area (Å²) in [5.74, 6) is -0.699. The molecular formula is C11H11NO4. The summed E-state index contributed by atoms with van der Waals surface area (Å²) in [5, 5.41) is 9.63. The third kappa shape index (κ3) is 2.38. The van der Waals surface area contributed by atoms with Crippen molar-refractivity contribution in [3.8, 4) is 11.5 Å². The molecule has 0 saturated heterocycles. The van der Waals surface area contributed by atoms with Gasteiger partial charge in [-0.1, -0.05) is 6.07 Å². The molecule has 1 aromatic carbocycles. The Bertz CT molecular complexity index is 452. The molecule has 0 heterocycles. The van der Waals surface area contributed by atoms with Gasteiger partial charge in [0, 0.05) is 6.08 Å². The molecule has 3 N–H and O–H groups in total. The third-order valence-electron chi connectivity index (χ3n) is 1.98. The normalized spacial score (nSPS) is 10.3. The predicted molar refractivity (Wildman–Crippen MR) is 58.3 cm³/mol. The van der Waals surface area contributed by atoms with E-state index >= 15 is 0 Å². The summed E-state index contributed by atoms with van der Waals surface area (Å²) in [4.78, 5) is 21.3. The van der Waals surface area contributed by atoms with Gasteiger partial charge >= 0.3 is 0 Å². The molecule has 0 aliphatic rings. The van der Waals surface area contributed by atoms with Crippen LogP contribution in [0.25, 0.3) is 6.08 Å². The van der Waals surface area contributed by atoms with Gasteiger partial charge in [-0.2, -0.15) is 0 Å². The number of benzene rings is 1. The molecule has 0 unspecified atom stereocenters. The average molecular weight is 221 g/mol. The minimum Gasteiger partial charge on any atom is -0.504 e. The third-order valence-corrected chi connectivity index (χ3v) is 1.98. The number of carbonyl (C=O) groups excluding carboxylic acids is 2. The number of hydrogen-bond donors (Lipinski definition) is 2. The van der Waals surface area contributed by atoms with Crippen molar-refractivity contribution in [2.75, 3.05) is 7.11 Å². The molecule has 0 saturated carbocycles. The first-order valence-electron chi connectivity index (χ1n) is 4.42. The molecule has 0 spiro atoms. The molecule has 0 atom stereocenters. The van der Waals surface area contributed by atoms with Crippen LogP contribution in [0.4, 0.5) is 0 Å². The van der Waals surface area contributed by atoms with Crippen molar-refractivity contribution in [3.05, 3.63) is 29.3 Å². The summed E-state index contributed by atoms with van der Waals surface area (Å²) in [6.45, 7) is 0. The van der Waals surface area contributed by atoms with E-state index in [9.17, 15) is 14.7 Å². The van der Waals surface area contributed by atoms with Crippen molar-refractivity contribution in [1.29, 1.82) is 0 Å². The van der Waals surface area contributed by atoms with Crippen molar-refractivity contribution in [2.45, 2.75) is 0 Å². The fraction of sp³-hybridized carbons (Fsp3) is 0.0909. The first-order valence-corrected chi connectivity index (χ1v) is 4.42. The minimum absolute atomic E-state index is 0.0526. The number of nitrogens with two attached hydrogens (primary N) is 1. The number of hydrogen-bond acceptors (Lipinski definition) is 4. The van der Waals surface area contributed by atoms with Crippen molar-refractivity contribution in [1.82, 2.24) is 0 Å². The lowest BCUT2D eigenvalue weighted by Crippen LogP contribution is -2.05. The summed E-state index contributed by atoms with van der Waals surface area (Å²) in [7, 11) is 1.38. The van der Waals surface area contributed by atoms with Crippen molar-refractivity contribution >= 4 is 18.3 Å². The van der Waals surface area contributed by atoms with Crippen LogP contribution < -0.4 is 10.5 Å². The Morgan fingerprint density at radius 2 is 2.19 bits per heavy atom. The topological polar surface area (TPSA) is 89.6 Å². The molecule has 0 aromatic heterocycles. The second-order valence-electron chi connectivity index (χ2n) is 2.97. The van der Waals surface area contributed by atoms with Gasteiger partial charge in [-0.25, -0.2) is 0 Å². The lowest BCUT2D eigenvalue weighted by molar-refractivity contribution is -0.113. The number of phenols is 1. The Hall–Kier alpha value is -2.30. The van der Waals surface area contributed by atoms with Gasteiger partial charge in [0.25, 0.3) is 0 Å². The molecule has 0 aliphatic carbocycles. The maximum absolute atomic E-state index is 10.8. The average Bonchev–Trinajstić information content (AvgIpc) is 2.26. The largest absolute Gasteiger partial charge is 0.504 e. The van der Waals surface area contributed by atoms with Crippen LogP contribution in [0, 0.1) is 0 Å². The number of ether oxygens (including phenoxy) is 1. The SMILES string of the molecule is COc1ccc(C=CC(N)=O)c(C=O)c1O. The van der Waals surface area contributed by atoms with E-state index in [-0.39, 0.29) is 17.1 Å². The molecular weight excluding hydrogens is 210 g/mol. The highest BCUT2D eigenvalue weighted by Crippen LogP contribution is 2.31. The number of primary amides is 1. The van der Waals surface area contributed by atoms with Crippen LogP contribution in [0.2, 0.25) is 0 Å². The molecule has 0 aliphatic heterocycles. The van der Waals surface area contributed by atoms with E-state index in [0.29, 0.717) is 11.8 Å². The summed E-state index contributed by atoms with van der Waals surface area (Å²) in [6.07, 6.45) is 2.94. The van der Waals surface area contributed by atoms with E-state index in [1.807, 2.05) is 0 Å². The Kier molecular flexibility index (Phi) is 3.66. The molecule has 0 fully saturated rings. The van der Waals surface area contributed by atoms with Crippen LogP contribution in [0.3, 0.4) is 0 Å². The van der Waals surface area contributed by atoms with Crippen LogP contribution >= 0.6 is 0 Å². The maximum Gasteiger partial charge on any atom is 0.241 e. The first kappa shape index (κ1) is 11.8. The lowest BCUT2D eigenvalue weighted by atomic mass is 10.1. The molecule has 5 nitrogen and oxygen atoms in total. The lowest BCUT2D eigenvalue weighted by Gasteiger charge is -2.07. The molecule has 0 radical (unpaired) electrons. The highest BCUT2D eigenvalue weighted by molar-refractivity contribution is 5.93. The second kappa shape index (κ2) is 4.97. The minimum atomic E-state index is -0.632. The second-order valence-corrected chi connectivity index (χ2v) is 2.97. The van der Waals surface area contributed by atoms with Gasteiger partial charge in [0.1, 0.15) is 0 Å². The van der Waals surface area contributed by atoms with E-state index in [1.165, 1.54) is 19.3 Å². The Labute approximate surface area is 92.1 Å². The van der Waals surface area contributed by atoms with Gasteiger partial charge < -0.3 is 15.6 Å². The summed E-state index contributed by atoms with van der Waals surface area (Å²) >= 11 is 0. The van der Waals surface area contributed by atoms with Crippen LogP contribution in [0.5, 0.6) is 11.5 Å². The monoisotopic (exact) mass is 221 g/mol. The zero-order valence-corrected chi connectivity index (χ0v) is 8.64. The Morgan fingerprint density at radius 1 is 1.50 bits per heavy atom. The smallest absolute Gasteiger partial charge is 0.241 e. The predicted octanol–water partition coefficient (Wildman–Crippen LogP) is 0.712. The van der Waals surface area contributed by atoms with E-state index in [4.69, 9.17) is 10.5 Å². The van der Waals surface area contributed by atoms with E-state index in [0.717, 1.165) is 6.08 Å². The van der Waals surface area contributed by atoms with E-state index in [1.54, 1.807) is 6.07 Å². The molecule has 1 aromatic rings. The van der Waals surface area contributed by atoms with Gasteiger partial charge in [0.15, 0.2) is 17.8 Å². The molecule has 5 heteroatoms. The van der Waals surface area contributed by atoms with Crippen molar-refractivity contribution in [3.63, 3.8) is 0 Å². The number of rotatable bonds is 4. The van der Waals surface area contributed by atoms with Gasteiger partial charge in [0.05, 0.1) is 12.7 Å². The van der Waals surface area contributed by atoms with Crippen molar-refractivity contribution < 1.29 is 19.4 Å². The number of phenolic OH excluding ortho intramolecular Hbond substituents is 1. The molecule has 84 valence electrons. The highest BCUT2D eigenvalue weighted by Gasteiger charge is 2.10. The maximum atomic E-state index is 10.8. The fourth-order valence-corrected chi connectivity index (χ4v) is 1.21. The van der Waals surface area contributed by atoms with Gasteiger partial charge in [-0.05, 0) is 17.7 Å². The van der Waals surface area contributed by atoms with Crippen LogP contribution in [0.15, 0.2) is 18.2 Å². The van der Waals surface area contributed by atoms with Gasteiger partial charge in [-0.3, -0.25) is 9.59 Å². The molecule has 0 bridgehead atoms. The Morgan fingerprint density at radius 3 is 2.69 bits per heavy atom.